The zero-order chi connectivity index (χ0) is 21.3. The third kappa shape index (κ3) is 5.36. The van der Waals surface area contributed by atoms with Crippen molar-refractivity contribution in [2.75, 3.05) is 6.54 Å². The van der Waals surface area contributed by atoms with Crippen molar-refractivity contribution in [3.05, 3.63) is 45.7 Å². The van der Waals surface area contributed by atoms with Gasteiger partial charge in [0, 0.05) is 13.1 Å². The summed E-state index contributed by atoms with van der Waals surface area (Å²) in [6.45, 7) is 7.87. The van der Waals surface area contributed by atoms with Crippen molar-refractivity contribution in [1.29, 1.82) is 0 Å². The van der Waals surface area contributed by atoms with Crippen LogP contribution in [0.2, 0.25) is 0 Å². The molecule has 1 N–H and O–H groups in total. The number of nitrogens with one attached hydrogen (secondary N) is 1. The highest BCUT2D eigenvalue weighted by molar-refractivity contribution is 9.10. The molecule has 0 saturated carbocycles. The number of aromatic nitrogens is 2. The van der Waals surface area contributed by atoms with Crippen molar-refractivity contribution in [3.63, 3.8) is 0 Å². The molecule has 0 unspecified atom stereocenters. The molecule has 0 aliphatic rings. The van der Waals surface area contributed by atoms with E-state index in [9.17, 15) is 21.6 Å². The minimum atomic E-state index is -4.55. The predicted molar refractivity (Wildman–Crippen MR) is 105 cm³/mol. The van der Waals surface area contributed by atoms with Crippen LogP contribution in [-0.2, 0) is 28.2 Å². The largest absolute Gasteiger partial charge is 0.436 e. The van der Waals surface area contributed by atoms with Crippen LogP contribution in [0.3, 0.4) is 0 Å². The van der Waals surface area contributed by atoms with E-state index in [0.717, 1.165) is 5.56 Å². The fourth-order valence-electron chi connectivity index (χ4n) is 2.58. The number of alkyl halides is 3. The molecule has 10 heteroatoms. The summed E-state index contributed by atoms with van der Waals surface area (Å²) in [7, 11) is -3.68. The molecule has 156 valence electrons. The van der Waals surface area contributed by atoms with Gasteiger partial charge in [-0.25, -0.2) is 13.1 Å². The molecular weight excluding hydrogens is 459 g/mol. The van der Waals surface area contributed by atoms with E-state index in [-0.39, 0.29) is 27.9 Å². The average molecular weight is 482 g/mol. The minimum absolute atomic E-state index is 0.0825. The molecule has 0 fully saturated rings. The van der Waals surface area contributed by atoms with Gasteiger partial charge in [0.15, 0.2) is 5.69 Å². The van der Waals surface area contributed by atoms with E-state index in [1.165, 1.54) is 11.6 Å². The Morgan fingerprint density at radius 2 is 1.71 bits per heavy atom. The summed E-state index contributed by atoms with van der Waals surface area (Å²) in [5, 5.41) is 3.57. The topological polar surface area (TPSA) is 64.0 Å². The molecule has 2 rings (SSSR count). The molecule has 1 heterocycles. The van der Waals surface area contributed by atoms with Gasteiger partial charge in [-0.2, -0.15) is 18.3 Å². The molecule has 0 saturated heterocycles. The minimum Gasteiger partial charge on any atom is -0.268 e. The molecule has 0 aliphatic heterocycles. The van der Waals surface area contributed by atoms with Crippen molar-refractivity contribution in [3.8, 4) is 0 Å². The van der Waals surface area contributed by atoms with Crippen molar-refractivity contribution < 1.29 is 21.6 Å². The highest BCUT2D eigenvalue weighted by Gasteiger charge is 2.37. The monoisotopic (exact) mass is 481 g/mol. The smallest absolute Gasteiger partial charge is 0.268 e. The van der Waals surface area contributed by atoms with E-state index < -0.39 is 21.9 Å². The van der Waals surface area contributed by atoms with Crippen LogP contribution in [0.1, 0.15) is 44.1 Å². The highest BCUT2D eigenvalue weighted by Crippen LogP contribution is 2.35. The normalized spacial score (nSPS) is 13.1. The third-order valence-corrected chi connectivity index (χ3v) is 6.70. The first-order chi connectivity index (χ1) is 12.7. The maximum absolute atomic E-state index is 12.9. The van der Waals surface area contributed by atoms with E-state index in [0.29, 0.717) is 12.1 Å². The first-order valence-corrected chi connectivity index (χ1v) is 10.9. The third-order valence-electron chi connectivity index (χ3n) is 4.27. The first kappa shape index (κ1) is 22.9. The van der Waals surface area contributed by atoms with Gasteiger partial charge in [0.2, 0.25) is 10.0 Å². The van der Waals surface area contributed by atoms with Gasteiger partial charge >= 0.3 is 6.18 Å². The Balaban J connectivity index is 1.98. The van der Waals surface area contributed by atoms with Crippen LogP contribution in [-0.4, -0.2) is 24.7 Å². The van der Waals surface area contributed by atoms with Gasteiger partial charge in [-0.05, 0) is 52.4 Å². The standard InChI is InChI=1S/C18H23BrF3N3O2S/c1-12-15(19)16(18(20,21)22)24-25(12)11-5-10-23-28(26,27)14-8-6-13(7-9-14)17(2,3)4/h6-9,23H,5,10-11H2,1-4H3. The molecule has 0 radical (unpaired) electrons. The maximum atomic E-state index is 12.9. The summed E-state index contributed by atoms with van der Waals surface area (Å²) in [6.07, 6.45) is -4.25. The molecule has 0 atom stereocenters. The Morgan fingerprint density at radius 3 is 2.18 bits per heavy atom. The number of halogens is 4. The SMILES string of the molecule is Cc1c(Br)c(C(F)(F)F)nn1CCCNS(=O)(=O)c1ccc(C(C)(C)C)cc1. The zero-order valence-corrected chi connectivity index (χ0v) is 18.5. The summed E-state index contributed by atoms with van der Waals surface area (Å²) < 4.78 is 67.0. The van der Waals surface area contributed by atoms with E-state index in [1.807, 2.05) is 20.8 Å². The zero-order valence-electron chi connectivity index (χ0n) is 16.1. The van der Waals surface area contributed by atoms with Crippen molar-refractivity contribution in [2.24, 2.45) is 0 Å². The van der Waals surface area contributed by atoms with Crippen LogP contribution in [0.25, 0.3) is 0 Å². The van der Waals surface area contributed by atoms with Crippen LogP contribution in [0.4, 0.5) is 13.2 Å². The Bertz CT molecular complexity index is 931. The number of sulfonamides is 1. The lowest BCUT2D eigenvalue weighted by Gasteiger charge is -2.19. The van der Waals surface area contributed by atoms with Crippen molar-refractivity contribution in [1.82, 2.24) is 14.5 Å². The van der Waals surface area contributed by atoms with Crippen LogP contribution in [0.15, 0.2) is 33.6 Å². The number of aryl methyl sites for hydroxylation is 1. The molecule has 1 aromatic heterocycles. The lowest BCUT2D eigenvalue weighted by Crippen LogP contribution is -2.26. The maximum Gasteiger partial charge on any atom is 0.436 e. The van der Waals surface area contributed by atoms with Crippen LogP contribution in [0.5, 0.6) is 0 Å². The molecule has 0 aliphatic carbocycles. The average Bonchev–Trinajstić information content (AvgIpc) is 2.86. The Hall–Kier alpha value is -1.39. The molecule has 28 heavy (non-hydrogen) atoms. The van der Waals surface area contributed by atoms with Crippen LogP contribution >= 0.6 is 15.9 Å². The van der Waals surface area contributed by atoms with Gasteiger partial charge in [0.05, 0.1) is 15.1 Å². The van der Waals surface area contributed by atoms with E-state index in [1.54, 1.807) is 24.3 Å². The number of hydrogen-bond donors (Lipinski definition) is 1. The van der Waals surface area contributed by atoms with Crippen LogP contribution < -0.4 is 4.72 Å². The van der Waals surface area contributed by atoms with Gasteiger partial charge in [-0.1, -0.05) is 32.9 Å². The van der Waals surface area contributed by atoms with Crippen LogP contribution in [0, 0.1) is 6.92 Å². The number of rotatable bonds is 6. The second kappa shape index (κ2) is 8.16. The van der Waals surface area contributed by atoms with Gasteiger partial charge < -0.3 is 0 Å². The Kier molecular flexibility index (Phi) is 6.67. The van der Waals surface area contributed by atoms with Gasteiger partial charge in [0.25, 0.3) is 0 Å². The fraction of sp³-hybridized carbons (Fsp3) is 0.500. The Labute approximate surface area is 171 Å². The molecule has 0 amide bonds. The van der Waals surface area contributed by atoms with Crippen molar-refractivity contribution in [2.45, 2.75) is 57.1 Å². The fourth-order valence-corrected chi connectivity index (χ4v) is 4.16. The van der Waals surface area contributed by atoms with E-state index in [2.05, 4.69) is 25.8 Å². The molecular formula is C18H23BrF3N3O2S. The van der Waals surface area contributed by atoms with Gasteiger partial charge in [-0.3, -0.25) is 4.68 Å². The predicted octanol–water partition coefficient (Wildman–Crippen LogP) is 4.64. The lowest BCUT2D eigenvalue weighted by molar-refractivity contribution is -0.142. The summed E-state index contributed by atoms with van der Waals surface area (Å²) in [6, 6.07) is 6.65. The quantitative estimate of drug-likeness (QED) is 0.611. The molecule has 0 bridgehead atoms. The van der Waals surface area contributed by atoms with E-state index >= 15 is 0 Å². The van der Waals surface area contributed by atoms with Crippen molar-refractivity contribution >= 4 is 26.0 Å². The number of hydrogen-bond acceptors (Lipinski definition) is 3. The molecule has 2 aromatic rings. The number of nitrogens with zero attached hydrogens (tertiary/aromatic N) is 2. The lowest BCUT2D eigenvalue weighted by atomic mass is 9.87. The van der Waals surface area contributed by atoms with Gasteiger partial charge in [0.1, 0.15) is 0 Å². The first-order valence-electron chi connectivity index (χ1n) is 8.64. The summed E-state index contributed by atoms with van der Waals surface area (Å²) in [4.78, 5) is 0.151. The Morgan fingerprint density at radius 1 is 1.14 bits per heavy atom. The highest BCUT2D eigenvalue weighted by atomic mass is 79.9. The second-order valence-corrected chi connectivity index (χ2v) is 10.1. The van der Waals surface area contributed by atoms with E-state index in [4.69, 9.17) is 0 Å². The molecule has 1 aromatic carbocycles. The summed E-state index contributed by atoms with van der Waals surface area (Å²) in [5.74, 6) is 0. The van der Waals surface area contributed by atoms with Gasteiger partial charge in [-0.15, -0.1) is 0 Å². The number of benzene rings is 1. The summed E-state index contributed by atoms with van der Waals surface area (Å²) in [5.41, 5.74) is 0.296. The second-order valence-electron chi connectivity index (χ2n) is 7.49. The molecule has 0 spiro atoms. The molecule has 5 nitrogen and oxygen atoms in total. The summed E-state index contributed by atoms with van der Waals surface area (Å²) >= 11 is 2.91.